The maximum absolute atomic E-state index is 13.0. The van der Waals surface area contributed by atoms with Crippen molar-refractivity contribution in [1.82, 2.24) is 9.55 Å². The van der Waals surface area contributed by atoms with Gasteiger partial charge in [0.25, 0.3) is 0 Å². The molecule has 2 heterocycles. The van der Waals surface area contributed by atoms with Crippen LogP contribution in [0.15, 0.2) is 66.7 Å². The molecule has 1 aliphatic heterocycles. The number of hydrogen-bond donors (Lipinski definition) is 0. The van der Waals surface area contributed by atoms with Crippen LogP contribution in [0.4, 0.5) is 5.69 Å². The van der Waals surface area contributed by atoms with Gasteiger partial charge in [-0.15, -0.1) is 0 Å². The minimum absolute atomic E-state index is 0.0440. The summed E-state index contributed by atoms with van der Waals surface area (Å²) in [5.74, 6) is 2.86. The van der Waals surface area contributed by atoms with Gasteiger partial charge in [-0.05, 0) is 62.6 Å². The Bertz CT molecular complexity index is 1380. The monoisotopic (exact) mass is 483 g/mol. The summed E-state index contributed by atoms with van der Waals surface area (Å²) < 4.78 is 13.7. The highest BCUT2D eigenvalue weighted by Gasteiger charge is 2.35. The van der Waals surface area contributed by atoms with Crippen LogP contribution in [0.25, 0.3) is 11.0 Å². The molecule has 1 fully saturated rings. The predicted molar refractivity (Wildman–Crippen MR) is 143 cm³/mol. The number of para-hydroxylation sites is 2. The second-order valence-corrected chi connectivity index (χ2v) is 9.54. The van der Waals surface area contributed by atoms with Gasteiger partial charge in [0.15, 0.2) is 0 Å². The van der Waals surface area contributed by atoms with E-state index in [4.69, 9.17) is 14.5 Å². The maximum Gasteiger partial charge on any atom is 0.227 e. The molecule has 5 rings (SSSR count). The summed E-state index contributed by atoms with van der Waals surface area (Å²) in [5, 5.41) is 0. The number of amides is 1. The molecule has 0 saturated carbocycles. The fraction of sp³-hybridized carbons (Fsp3) is 0.333. The molecule has 1 unspecified atom stereocenters. The van der Waals surface area contributed by atoms with E-state index in [1.165, 1.54) is 11.1 Å². The van der Waals surface area contributed by atoms with E-state index in [1.807, 2.05) is 35.2 Å². The average Bonchev–Trinajstić information content (AvgIpc) is 3.45. The number of carbonyl (C=O) groups excluding carboxylic acids is 1. The number of unbranched alkanes of at least 4 members (excludes halogenated alkanes) is 1. The third kappa shape index (κ3) is 4.94. The number of rotatable bonds is 9. The number of anilines is 1. The van der Waals surface area contributed by atoms with Crippen LogP contribution in [-0.2, 0) is 11.3 Å². The minimum Gasteiger partial charge on any atom is -0.497 e. The van der Waals surface area contributed by atoms with Crippen LogP contribution in [0.5, 0.6) is 11.5 Å². The lowest BCUT2D eigenvalue weighted by Gasteiger charge is -2.18. The van der Waals surface area contributed by atoms with Crippen molar-refractivity contribution in [2.45, 2.75) is 45.6 Å². The molecule has 1 aromatic heterocycles. The highest BCUT2D eigenvalue weighted by atomic mass is 16.5. The van der Waals surface area contributed by atoms with E-state index >= 15 is 0 Å². The first-order valence-electron chi connectivity index (χ1n) is 12.6. The summed E-state index contributed by atoms with van der Waals surface area (Å²) in [6, 6.07) is 22.2. The molecular weight excluding hydrogens is 450 g/mol. The summed E-state index contributed by atoms with van der Waals surface area (Å²) in [4.78, 5) is 19.8. The predicted octanol–water partition coefficient (Wildman–Crippen LogP) is 6.04. The number of ether oxygens (including phenoxy) is 2. The van der Waals surface area contributed by atoms with E-state index in [2.05, 4.69) is 54.8 Å². The maximum atomic E-state index is 13.0. The molecule has 1 amide bonds. The molecule has 6 nitrogen and oxygen atoms in total. The van der Waals surface area contributed by atoms with Crippen molar-refractivity contribution in [3.05, 3.63) is 83.7 Å². The van der Waals surface area contributed by atoms with Gasteiger partial charge < -0.3 is 18.9 Å². The number of carbonyl (C=O) groups is 1. The standard InChI is InChI=1S/C30H33N3O3/c1-21-13-14-28(22(2)17-21)36-16-7-6-15-32-27-12-5-4-11-26(27)31-30(32)23-18-29(34)33(20-23)24-9-8-10-25(19-24)35-3/h4-5,8-14,17,19,23H,6-7,15-16,18,20H2,1-3H3. The number of fused-ring (bicyclic) bond motifs is 1. The number of aryl methyl sites for hydroxylation is 3. The van der Waals surface area contributed by atoms with E-state index in [9.17, 15) is 4.79 Å². The zero-order chi connectivity index (χ0) is 25.1. The summed E-state index contributed by atoms with van der Waals surface area (Å²) in [6.45, 7) is 6.32. The van der Waals surface area contributed by atoms with Crippen molar-refractivity contribution >= 4 is 22.6 Å². The zero-order valence-electron chi connectivity index (χ0n) is 21.2. The van der Waals surface area contributed by atoms with Gasteiger partial charge >= 0.3 is 0 Å². The third-order valence-corrected chi connectivity index (χ3v) is 6.90. The molecule has 1 saturated heterocycles. The largest absolute Gasteiger partial charge is 0.497 e. The first-order chi connectivity index (χ1) is 17.5. The Morgan fingerprint density at radius 1 is 1.00 bits per heavy atom. The Labute approximate surface area is 212 Å². The molecule has 1 aliphatic rings. The van der Waals surface area contributed by atoms with Crippen molar-refractivity contribution in [2.24, 2.45) is 0 Å². The number of benzene rings is 3. The van der Waals surface area contributed by atoms with Crippen LogP contribution in [0.1, 0.15) is 42.1 Å². The molecule has 0 aliphatic carbocycles. The van der Waals surface area contributed by atoms with Crippen LogP contribution >= 0.6 is 0 Å². The van der Waals surface area contributed by atoms with Gasteiger partial charge in [-0.2, -0.15) is 0 Å². The van der Waals surface area contributed by atoms with Gasteiger partial charge in [-0.1, -0.05) is 35.9 Å². The SMILES string of the molecule is COc1cccc(N2CC(c3nc4ccccc4n3CCCCOc3ccc(C)cc3C)CC2=O)c1. The first-order valence-corrected chi connectivity index (χ1v) is 12.6. The molecule has 1 atom stereocenters. The number of imidazole rings is 1. The average molecular weight is 484 g/mol. The molecule has 4 aromatic rings. The van der Waals surface area contributed by atoms with Crippen LogP contribution < -0.4 is 14.4 Å². The zero-order valence-corrected chi connectivity index (χ0v) is 21.2. The summed E-state index contributed by atoms with van der Waals surface area (Å²) in [6.07, 6.45) is 2.37. The quantitative estimate of drug-likeness (QED) is 0.272. The van der Waals surface area contributed by atoms with E-state index in [0.717, 1.165) is 53.4 Å². The molecule has 0 spiro atoms. The lowest BCUT2D eigenvalue weighted by atomic mass is 10.1. The van der Waals surface area contributed by atoms with Gasteiger partial charge in [0, 0.05) is 37.2 Å². The van der Waals surface area contributed by atoms with E-state index < -0.39 is 0 Å². The van der Waals surface area contributed by atoms with Gasteiger partial charge in [0.2, 0.25) is 5.91 Å². The lowest BCUT2D eigenvalue weighted by Crippen LogP contribution is -2.24. The van der Waals surface area contributed by atoms with Gasteiger partial charge in [-0.3, -0.25) is 4.79 Å². The minimum atomic E-state index is 0.0440. The van der Waals surface area contributed by atoms with E-state index in [1.54, 1.807) is 7.11 Å². The van der Waals surface area contributed by atoms with Crippen LogP contribution in [0, 0.1) is 13.8 Å². The van der Waals surface area contributed by atoms with Crippen LogP contribution in [0.2, 0.25) is 0 Å². The van der Waals surface area contributed by atoms with Crippen LogP contribution in [-0.4, -0.2) is 35.7 Å². The Morgan fingerprint density at radius 2 is 1.86 bits per heavy atom. The normalized spacial score (nSPS) is 15.6. The second kappa shape index (κ2) is 10.4. The fourth-order valence-electron chi connectivity index (χ4n) is 5.06. The molecule has 36 heavy (non-hydrogen) atoms. The number of hydrogen-bond acceptors (Lipinski definition) is 4. The number of methoxy groups -OCH3 is 1. The van der Waals surface area contributed by atoms with E-state index in [-0.39, 0.29) is 11.8 Å². The van der Waals surface area contributed by atoms with Gasteiger partial charge in [0.1, 0.15) is 17.3 Å². The van der Waals surface area contributed by atoms with Gasteiger partial charge in [-0.25, -0.2) is 4.98 Å². The molecule has 186 valence electrons. The van der Waals surface area contributed by atoms with E-state index in [0.29, 0.717) is 19.6 Å². The third-order valence-electron chi connectivity index (χ3n) is 6.90. The Morgan fingerprint density at radius 3 is 2.69 bits per heavy atom. The van der Waals surface area contributed by atoms with Gasteiger partial charge in [0.05, 0.1) is 24.8 Å². The molecule has 0 N–H and O–H groups in total. The molecule has 6 heteroatoms. The van der Waals surface area contributed by atoms with Crippen LogP contribution in [0.3, 0.4) is 0 Å². The van der Waals surface area contributed by atoms with Crippen molar-refractivity contribution in [3.63, 3.8) is 0 Å². The van der Waals surface area contributed by atoms with Crippen molar-refractivity contribution in [3.8, 4) is 11.5 Å². The Kier molecular flexibility index (Phi) is 6.94. The molecular formula is C30H33N3O3. The number of aromatic nitrogens is 2. The molecule has 0 radical (unpaired) electrons. The summed E-state index contributed by atoms with van der Waals surface area (Å²) in [7, 11) is 1.64. The Hall–Kier alpha value is -3.80. The highest BCUT2D eigenvalue weighted by molar-refractivity contribution is 5.96. The fourth-order valence-corrected chi connectivity index (χ4v) is 5.06. The summed E-state index contributed by atoms with van der Waals surface area (Å²) in [5.41, 5.74) is 5.38. The number of nitrogens with zero attached hydrogens (tertiary/aromatic N) is 3. The smallest absolute Gasteiger partial charge is 0.227 e. The van der Waals surface area contributed by atoms with Crippen molar-refractivity contribution in [1.29, 1.82) is 0 Å². The first kappa shape index (κ1) is 23.9. The Balaban J connectivity index is 1.29. The molecule has 0 bridgehead atoms. The second-order valence-electron chi connectivity index (χ2n) is 9.54. The summed E-state index contributed by atoms with van der Waals surface area (Å²) >= 11 is 0. The topological polar surface area (TPSA) is 56.6 Å². The highest BCUT2D eigenvalue weighted by Crippen LogP contribution is 2.34. The van der Waals surface area contributed by atoms with Crippen molar-refractivity contribution < 1.29 is 14.3 Å². The van der Waals surface area contributed by atoms with Crippen molar-refractivity contribution in [2.75, 3.05) is 25.2 Å². The molecule has 3 aromatic carbocycles. The lowest BCUT2D eigenvalue weighted by molar-refractivity contribution is -0.117.